The van der Waals surface area contributed by atoms with Gasteiger partial charge in [0.2, 0.25) is 11.8 Å². The Morgan fingerprint density at radius 1 is 1.10 bits per heavy atom. The third kappa shape index (κ3) is 3.07. The van der Waals surface area contributed by atoms with Gasteiger partial charge in [-0.1, -0.05) is 6.92 Å². The van der Waals surface area contributed by atoms with Gasteiger partial charge < -0.3 is 14.7 Å². The number of amides is 2. The molecule has 0 saturated carbocycles. The van der Waals surface area contributed by atoms with E-state index in [1.807, 2.05) is 9.80 Å². The molecule has 0 spiro atoms. The number of piperidine rings is 1. The van der Waals surface area contributed by atoms with Crippen molar-refractivity contribution in [3.63, 3.8) is 0 Å². The van der Waals surface area contributed by atoms with Gasteiger partial charge in [-0.05, 0) is 44.7 Å². The van der Waals surface area contributed by atoms with Crippen molar-refractivity contribution in [1.29, 1.82) is 0 Å². The molecule has 5 nitrogen and oxygen atoms in total. The highest BCUT2D eigenvalue weighted by Gasteiger charge is 2.38. The molecular weight excluding hydrogens is 266 g/mol. The van der Waals surface area contributed by atoms with E-state index in [9.17, 15) is 9.59 Å². The summed E-state index contributed by atoms with van der Waals surface area (Å²) in [6, 6.07) is -0.169. The summed E-state index contributed by atoms with van der Waals surface area (Å²) in [4.78, 5) is 31.3. The minimum atomic E-state index is -0.169. The number of hydrogen-bond donors (Lipinski definition) is 0. The molecule has 0 aromatic carbocycles. The van der Waals surface area contributed by atoms with Crippen molar-refractivity contribution in [3.8, 4) is 0 Å². The molecule has 2 amide bonds. The molecule has 3 heterocycles. The number of nitrogens with zero attached hydrogens (tertiary/aromatic N) is 3. The summed E-state index contributed by atoms with van der Waals surface area (Å²) >= 11 is 0. The summed E-state index contributed by atoms with van der Waals surface area (Å²) in [5, 5.41) is 0. The number of likely N-dealkylation sites (tertiary alicyclic amines) is 1. The molecule has 0 aliphatic carbocycles. The Kier molecular flexibility index (Phi) is 4.48. The molecule has 21 heavy (non-hydrogen) atoms. The van der Waals surface area contributed by atoms with Gasteiger partial charge in [-0.2, -0.15) is 0 Å². The standard InChI is InChI=1S/C16H27N3O2/c1-2-17-9-6-13(11-17)12-18-10-7-15(20)19-8-4-3-5-14(19)16(18)21/h13-14H,2-12H2,1H3. The van der Waals surface area contributed by atoms with Gasteiger partial charge in [-0.3, -0.25) is 9.59 Å². The number of rotatable bonds is 3. The largest absolute Gasteiger partial charge is 0.340 e. The Bertz CT molecular complexity index is 412. The van der Waals surface area contributed by atoms with Gasteiger partial charge in [0.15, 0.2) is 0 Å². The summed E-state index contributed by atoms with van der Waals surface area (Å²) in [5.41, 5.74) is 0. The summed E-state index contributed by atoms with van der Waals surface area (Å²) < 4.78 is 0. The highest BCUT2D eigenvalue weighted by atomic mass is 16.2. The molecule has 0 radical (unpaired) electrons. The summed E-state index contributed by atoms with van der Waals surface area (Å²) in [6.07, 6.45) is 4.66. The Morgan fingerprint density at radius 2 is 1.95 bits per heavy atom. The zero-order valence-electron chi connectivity index (χ0n) is 13.1. The van der Waals surface area contributed by atoms with Crippen LogP contribution < -0.4 is 0 Å². The summed E-state index contributed by atoms with van der Waals surface area (Å²) in [7, 11) is 0. The van der Waals surface area contributed by atoms with Crippen molar-refractivity contribution in [2.24, 2.45) is 5.92 Å². The molecule has 3 fully saturated rings. The maximum absolute atomic E-state index is 12.8. The average molecular weight is 293 g/mol. The average Bonchev–Trinajstić information content (AvgIpc) is 2.93. The predicted octanol–water partition coefficient (Wildman–Crippen LogP) is 0.942. The van der Waals surface area contributed by atoms with E-state index in [0.717, 1.165) is 52.0 Å². The maximum atomic E-state index is 12.8. The lowest BCUT2D eigenvalue weighted by Gasteiger charge is -2.34. The molecule has 5 heteroatoms. The third-order valence-electron chi connectivity index (χ3n) is 5.31. The Balaban J connectivity index is 1.65. The second-order valence-electron chi connectivity index (χ2n) is 6.68. The number of carbonyl (C=O) groups is 2. The van der Waals surface area contributed by atoms with Crippen LogP contribution in [0, 0.1) is 5.92 Å². The van der Waals surface area contributed by atoms with Crippen LogP contribution in [-0.4, -0.2) is 71.8 Å². The fourth-order valence-corrected chi connectivity index (χ4v) is 4.02. The molecule has 118 valence electrons. The van der Waals surface area contributed by atoms with Gasteiger partial charge in [-0.25, -0.2) is 0 Å². The lowest BCUT2D eigenvalue weighted by molar-refractivity contribution is -0.143. The van der Waals surface area contributed by atoms with E-state index in [0.29, 0.717) is 18.9 Å². The monoisotopic (exact) mass is 293 g/mol. The molecule has 0 aromatic heterocycles. The SMILES string of the molecule is CCN1CCC(CN2CCC(=O)N3CCCCC3C2=O)C1. The lowest BCUT2D eigenvalue weighted by Crippen LogP contribution is -2.50. The maximum Gasteiger partial charge on any atom is 0.245 e. The minimum absolute atomic E-state index is 0.169. The number of hydrogen-bond acceptors (Lipinski definition) is 3. The molecule has 0 bridgehead atoms. The third-order valence-corrected chi connectivity index (χ3v) is 5.31. The van der Waals surface area contributed by atoms with Crippen molar-refractivity contribution in [2.75, 3.05) is 39.3 Å². The van der Waals surface area contributed by atoms with Gasteiger partial charge >= 0.3 is 0 Å². The van der Waals surface area contributed by atoms with E-state index >= 15 is 0 Å². The normalized spacial score (nSPS) is 31.5. The van der Waals surface area contributed by atoms with E-state index < -0.39 is 0 Å². The van der Waals surface area contributed by atoms with Crippen molar-refractivity contribution in [2.45, 2.75) is 45.1 Å². The number of carbonyl (C=O) groups excluding carboxylic acids is 2. The lowest BCUT2D eigenvalue weighted by atomic mass is 10.0. The topological polar surface area (TPSA) is 43.9 Å². The molecule has 3 saturated heterocycles. The molecule has 3 aliphatic rings. The van der Waals surface area contributed by atoms with Gasteiger partial charge in [-0.15, -0.1) is 0 Å². The van der Waals surface area contributed by atoms with Crippen LogP contribution in [-0.2, 0) is 9.59 Å². The molecular formula is C16H27N3O2. The van der Waals surface area contributed by atoms with Gasteiger partial charge in [0.05, 0.1) is 0 Å². The molecule has 3 aliphatic heterocycles. The van der Waals surface area contributed by atoms with Crippen LogP contribution in [0.15, 0.2) is 0 Å². The molecule has 0 aromatic rings. The van der Waals surface area contributed by atoms with E-state index in [1.165, 1.54) is 6.42 Å². The summed E-state index contributed by atoms with van der Waals surface area (Å²) in [5.74, 6) is 0.965. The zero-order chi connectivity index (χ0) is 14.8. The first-order valence-electron chi connectivity index (χ1n) is 8.49. The number of fused-ring (bicyclic) bond motifs is 1. The highest BCUT2D eigenvalue weighted by Crippen LogP contribution is 2.25. The van der Waals surface area contributed by atoms with Crippen molar-refractivity contribution >= 4 is 11.8 Å². The zero-order valence-corrected chi connectivity index (χ0v) is 13.1. The first-order valence-corrected chi connectivity index (χ1v) is 8.49. The summed E-state index contributed by atoms with van der Waals surface area (Å²) in [6.45, 7) is 7.77. The Labute approximate surface area is 127 Å². The fraction of sp³-hybridized carbons (Fsp3) is 0.875. The van der Waals surface area contributed by atoms with Crippen LogP contribution in [0.5, 0.6) is 0 Å². The van der Waals surface area contributed by atoms with Crippen LogP contribution >= 0.6 is 0 Å². The van der Waals surface area contributed by atoms with Crippen LogP contribution in [0.1, 0.15) is 39.0 Å². The smallest absolute Gasteiger partial charge is 0.245 e. The quantitative estimate of drug-likeness (QED) is 0.778. The van der Waals surface area contributed by atoms with E-state index in [-0.39, 0.29) is 17.9 Å². The van der Waals surface area contributed by atoms with Crippen LogP contribution in [0.25, 0.3) is 0 Å². The van der Waals surface area contributed by atoms with Gasteiger partial charge in [0.25, 0.3) is 0 Å². The van der Waals surface area contributed by atoms with Gasteiger partial charge in [0, 0.05) is 32.6 Å². The van der Waals surface area contributed by atoms with Crippen molar-refractivity contribution in [1.82, 2.24) is 14.7 Å². The first-order chi connectivity index (χ1) is 10.2. The van der Waals surface area contributed by atoms with Crippen LogP contribution in [0.2, 0.25) is 0 Å². The van der Waals surface area contributed by atoms with Crippen LogP contribution in [0.4, 0.5) is 0 Å². The Morgan fingerprint density at radius 3 is 2.71 bits per heavy atom. The van der Waals surface area contributed by atoms with E-state index in [4.69, 9.17) is 0 Å². The Hall–Kier alpha value is -1.10. The van der Waals surface area contributed by atoms with Crippen molar-refractivity contribution < 1.29 is 9.59 Å². The molecule has 2 unspecified atom stereocenters. The second kappa shape index (κ2) is 6.34. The fourth-order valence-electron chi connectivity index (χ4n) is 4.02. The van der Waals surface area contributed by atoms with E-state index in [1.54, 1.807) is 0 Å². The van der Waals surface area contributed by atoms with E-state index in [2.05, 4.69) is 11.8 Å². The molecule has 3 rings (SSSR count). The van der Waals surface area contributed by atoms with Crippen LogP contribution in [0.3, 0.4) is 0 Å². The second-order valence-corrected chi connectivity index (χ2v) is 6.68. The first kappa shape index (κ1) is 14.8. The predicted molar refractivity (Wildman–Crippen MR) is 80.8 cm³/mol. The van der Waals surface area contributed by atoms with Gasteiger partial charge in [0.1, 0.15) is 6.04 Å². The molecule has 0 N–H and O–H groups in total. The molecule has 2 atom stereocenters. The highest BCUT2D eigenvalue weighted by molar-refractivity contribution is 5.90. The van der Waals surface area contributed by atoms with Crippen molar-refractivity contribution in [3.05, 3.63) is 0 Å². The minimum Gasteiger partial charge on any atom is -0.340 e.